The van der Waals surface area contributed by atoms with Crippen molar-refractivity contribution in [2.24, 2.45) is 5.41 Å². The molecule has 0 aliphatic heterocycles. The molecule has 0 aliphatic carbocycles. The number of ether oxygens (including phenoxy) is 1. The minimum atomic E-state index is -0.589. The van der Waals surface area contributed by atoms with Crippen LogP contribution in [0.15, 0.2) is 33.5 Å². The van der Waals surface area contributed by atoms with E-state index in [1.807, 2.05) is 52.0 Å². The van der Waals surface area contributed by atoms with Gasteiger partial charge in [-0.15, -0.1) is 11.3 Å². The number of benzene rings is 1. The van der Waals surface area contributed by atoms with Crippen molar-refractivity contribution >= 4 is 51.1 Å². The Labute approximate surface area is 188 Å². The van der Waals surface area contributed by atoms with E-state index in [0.29, 0.717) is 15.8 Å². The zero-order valence-corrected chi connectivity index (χ0v) is 20.2. The van der Waals surface area contributed by atoms with Crippen molar-refractivity contribution in [2.75, 3.05) is 13.7 Å². The van der Waals surface area contributed by atoms with E-state index in [4.69, 9.17) is 4.74 Å². The van der Waals surface area contributed by atoms with Crippen LogP contribution < -0.4 is 20.1 Å². The van der Waals surface area contributed by atoms with E-state index < -0.39 is 5.41 Å². The Kier molecular flexibility index (Phi) is 8.34. The number of Topliss-reactive ketones (excluding diaryl/α,β-unsaturated/α-hetero) is 1. The molecule has 0 saturated heterocycles. The standard InChI is InChI=1S/C22H27BrN2O4S/c1-14(13-29-5)24-19(27)12-25-20(11-18(26)22(2,3)4)30-17(21(25)28)10-15-7-6-8-16(23)9-15/h6-11,14H,12-13H2,1-5H3,(H,24,27)/b17-10+,20-11-. The van der Waals surface area contributed by atoms with E-state index >= 15 is 0 Å². The maximum absolute atomic E-state index is 13.1. The number of halogens is 1. The van der Waals surface area contributed by atoms with Gasteiger partial charge in [-0.05, 0) is 30.7 Å². The fourth-order valence-electron chi connectivity index (χ4n) is 2.62. The summed E-state index contributed by atoms with van der Waals surface area (Å²) in [7, 11) is 1.56. The van der Waals surface area contributed by atoms with Crippen molar-refractivity contribution in [3.8, 4) is 0 Å². The third-order valence-corrected chi connectivity index (χ3v) is 5.76. The number of nitrogens with one attached hydrogen (secondary N) is 1. The maximum Gasteiger partial charge on any atom is 0.269 e. The lowest BCUT2D eigenvalue weighted by Gasteiger charge is -2.14. The van der Waals surface area contributed by atoms with E-state index in [2.05, 4.69) is 21.2 Å². The number of carbonyl (C=O) groups excluding carboxylic acids is 2. The number of aromatic nitrogens is 1. The number of hydrogen-bond donors (Lipinski definition) is 1. The SMILES string of the molecule is COCC(C)NC(=O)Cn1c(=O)/c(=C\c2cccc(Br)c2)s/c1=C\C(=O)C(C)(C)C. The lowest BCUT2D eigenvalue weighted by Crippen LogP contribution is -2.42. The second kappa shape index (κ2) is 10.3. The fraction of sp³-hybridized carbons (Fsp3) is 0.409. The van der Waals surface area contributed by atoms with Gasteiger partial charge in [-0.1, -0.05) is 48.8 Å². The largest absolute Gasteiger partial charge is 0.383 e. The van der Waals surface area contributed by atoms with Crippen molar-refractivity contribution < 1.29 is 14.3 Å². The van der Waals surface area contributed by atoms with Gasteiger partial charge in [0, 0.05) is 29.1 Å². The first-order valence-electron chi connectivity index (χ1n) is 9.52. The lowest BCUT2D eigenvalue weighted by molar-refractivity contribution is -0.123. The summed E-state index contributed by atoms with van der Waals surface area (Å²) < 4.78 is 8.19. The Bertz CT molecular complexity index is 1100. The molecular weight excluding hydrogens is 468 g/mol. The number of nitrogens with zero attached hydrogens (tertiary/aromatic N) is 1. The second-order valence-electron chi connectivity index (χ2n) is 8.08. The summed E-state index contributed by atoms with van der Waals surface area (Å²) in [6.07, 6.45) is 3.22. The van der Waals surface area contributed by atoms with E-state index in [1.165, 1.54) is 22.0 Å². The zero-order chi connectivity index (χ0) is 22.5. The Balaban J connectivity index is 2.54. The van der Waals surface area contributed by atoms with Crippen molar-refractivity contribution in [1.29, 1.82) is 0 Å². The van der Waals surface area contributed by atoms with Crippen molar-refractivity contribution in [3.63, 3.8) is 0 Å². The highest BCUT2D eigenvalue weighted by molar-refractivity contribution is 9.10. The monoisotopic (exact) mass is 494 g/mol. The molecule has 1 N–H and O–H groups in total. The summed E-state index contributed by atoms with van der Waals surface area (Å²) in [5.74, 6) is -0.425. The molecule has 0 fully saturated rings. The highest BCUT2D eigenvalue weighted by Crippen LogP contribution is 2.15. The predicted molar refractivity (Wildman–Crippen MR) is 124 cm³/mol. The summed E-state index contributed by atoms with van der Waals surface area (Å²) in [6, 6.07) is 7.37. The quantitative estimate of drug-likeness (QED) is 0.638. The predicted octanol–water partition coefficient (Wildman–Crippen LogP) is 2.05. The number of rotatable bonds is 7. The Morgan fingerprint density at radius 1 is 1.33 bits per heavy atom. The third-order valence-electron chi connectivity index (χ3n) is 4.20. The van der Waals surface area contributed by atoms with Crippen molar-refractivity contribution in [2.45, 2.75) is 40.3 Å². The number of methoxy groups -OCH3 is 1. The minimum Gasteiger partial charge on any atom is -0.383 e. The topological polar surface area (TPSA) is 77.4 Å². The minimum absolute atomic E-state index is 0.111. The molecule has 1 atom stereocenters. The van der Waals surface area contributed by atoms with Crippen LogP contribution in [0.1, 0.15) is 33.3 Å². The molecule has 0 saturated carbocycles. The maximum atomic E-state index is 13.1. The van der Waals surface area contributed by atoms with Crippen LogP contribution in [0.4, 0.5) is 0 Å². The van der Waals surface area contributed by atoms with Crippen LogP contribution in [0.2, 0.25) is 0 Å². The molecule has 1 aromatic carbocycles. The zero-order valence-electron chi connectivity index (χ0n) is 17.8. The molecule has 6 nitrogen and oxygen atoms in total. The van der Waals surface area contributed by atoms with Gasteiger partial charge in [-0.3, -0.25) is 19.0 Å². The molecular formula is C22H27BrN2O4S. The molecule has 1 amide bonds. The number of carbonyl (C=O) groups is 2. The van der Waals surface area contributed by atoms with Crippen molar-refractivity contribution in [3.05, 3.63) is 53.9 Å². The molecule has 2 aromatic rings. The Hall–Kier alpha value is -2.03. The molecule has 1 unspecified atom stereocenters. The molecule has 0 aliphatic rings. The second-order valence-corrected chi connectivity index (χ2v) is 10.1. The summed E-state index contributed by atoms with van der Waals surface area (Å²) in [5, 5.41) is 2.80. The smallest absolute Gasteiger partial charge is 0.269 e. The normalized spacial score (nSPS) is 14.1. The fourth-order valence-corrected chi connectivity index (χ4v) is 4.08. The van der Waals surface area contributed by atoms with Gasteiger partial charge in [0.1, 0.15) is 11.2 Å². The highest BCUT2D eigenvalue weighted by Gasteiger charge is 2.20. The van der Waals surface area contributed by atoms with Crippen LogP contribution in [0, 0.1) is 5.41 Å². The summed E-state index contributed by atoms with van der Waals surface area (Å²) in [6.45, 7) is 7.47. The van der Waals surface area contributed by atoms with Crippen LogP contribution in [0.3, 0.4) is 0 Å². The van der Waals surface area contributed by atoms with E-state index in [-0.39, 0.29) is 29.8 Å². The molecule has 1 aromatic heterocycles. The lowest BCUT2D eigenvalue weighted by atomic mass is 9.91. The van der Waals surface area contributed by atoms with Gasteiger partial charge in [0.25, 0.3) is 5.56 Å². The molecule has 0 radical (unpaired) electrons. The average Bonchev–Trinajstić information content (AvgIpc) is 2.89. The first-order chi connectivity index (χ1) is 14.0. The summed E-state index contributed by atoms with van der Waals surface area (Å²) in [5.41, 5.74) is -0.0434. The van der Waals surface area contributed by atoms with Crippen LogP contribution in [0.5, 0.6) is 0 Å². The molecule has 2 rings (SSSR count). The van der Waals surface area contributed by atoms with Crippen LogP contribution >= 0.6 is 27.3 Å². The van der Waals surface area contributed by atoms with E-state index in [9.17, 15) is 14.4 Å². The molecule has 8 heteroatoms. The Morgan fingerprint density at radius 3 is 2.63 bits per heavy atom. The van der Waals surface area contributed by atoms with Crippen LogP contribution in [-0.2, 0) is 20.9 Å². The first kappa shape index (κ1) is 24.2. The molecule has 0 bridgehead atoms. The average molecular weight is 495 g/mol. The van der Waals surface area contributed by atoms with Gasteiger partial charge in [-0.2, -0.15) is 0 Å². The van der Waals surface area contributed by atoms with Gasteiger partial charge in [0.05, 0.1) is 11.1 Å². The van der Waals surface area contributed by atoms with Gasteiger partial charge < -0.3 is 10.1 Å². The van der Waals surface area contributed by atoms with Crippen LogP contribution in [-0.4, -0.2) is 36.0 Å². The molecule has 30 heavy (non-hydrogen) atoms. The number of ketones is 1. The highest BCUT2D eigenvalue weighted by atomic mass is 79.9. The Morgan fingerprint density at radius 2 is 2.03 bits per heavy atom. The summed E-state index contributed by atoms with van der Waals surface area (Å²) >= 11 is 4.62. The van der Waals surface area contributed by atoms with E-state index in [1.54, 1.807) is 13.2 Å². The molecule has 0 spiro atoms. The summed E-state index contributed by atoms with van der Waals surface area (Å²) in [4.78, 5) is 38.1. The van der Waals surface area contributed by atoms with Gasteiger partial charge in [0.15, 0.2) is 5.78 Å². The number of thiazole rings is 1. The first-order valence-corrected chi connectivity index (χ1v) is 11.1. The number of hydrogen-bond acceptors (Lipinski definition) is 5. The number of amides is 1. The van der Waals surface area contributed by atoms with Crippen molar-refractivity contribution in [1.82, 2.24) is 9.88 Å². The van der Waals surface area contributed by atoms with Gasteiger partial charge in [-0.25, -0.2) is 0 Å². The van der Waals surface area contributed by atoms with E-state index in [0.717, 1.165) is 10.0 Å². The molecule has 162 valence electrons. The molecule has 1 heterocycles. The van der Waals surface area contributed by atoms with Crippen LogP contribution in [0.25, 0.3) is 12.2 Å². The van der Waals surface area contributed by atoms with Gasteiger partial charge >= 0.3 is 0 Å². The van der Waals surface area contributed by atoms with Gasteiger partial charge in [0.2, 0.25) is 5.91 Å². The third kappa shape index (κ3) is 6.75.